The molecule has 0 saturated heterocycles. The van der Waals surface area contributed by atoms with Crippen LogP contribution < -0.4 is 10.1 Å². The predicted molar refractivity (Wildman–Crippen MR) is 84.4 cm³/mol. The first kappa shape index (κ1) is 19.1. The quantitative estimate of drug-likeness (QED) is 0.623. The maximum absolute atomic E-state index is 13.8. The summed E-state index contributed by atoms with van der Waals surface area (Å²) < 4.78 is 51.1. The van der Waals surface area contributed by atoms with Crippen molar-refractivity contribution in [2.24, 2.45) is 5.41 Å². The number of anilines is 1. The first-order valence-corrected chi connectivity index (χ1v) is 7.93. The Morgan fingerprint density at radius 2 is 1.96 bits per heavy atom. The number of hydrogen-bond acceptors (Lipinski definition) is 5. The zero-order chi connectivity index (χ0) is 18.7. The molecular weight excluding hydrogens is 339 g/mol. The summed E-state index contributed by atoms with van der Waals surface area (Å²) in [5.74, 6) is -1.39. The molecule has 0 heterocycles. The summed E-state index contributed by atoms with van der Waals surface area (Å²) in [5.41, 5.74) is -2.12. The molecule has 1 aromatic carbocycles. The number of carbonyl (C=O) groups excluding carboxylic acids is 2. The van der Waals surface area contributed by atoms with E-state index >= 15 is 0 Å². The minimum Gasteiger partial charge on any atom is -0.497 e. The van der Waals surface area contributed by atoms with Gasteiger partial charge in [-0.1, -0.05) is 0 Å². The highest BCUT2D eigenvalue weighted by molar-refractivity contribution is 6.06. The minimum absolute atomic E-state index is 0.0737. The van der Waals surface area contributed by atoms with Crippen LogP contribution in [0.2, 0.25) is 0 Å². The second kappa shape index (κ2) is 7.33. The van der Waals surface area contributed by atoms with E-state index in [0.717, 1.165) is 0 Å². The molecule has 1 aliphatic carbocycles. The number of hydrogen-bond donors (Lipinski definition) is 1. The van der Waals surface area contributed by atoms with Crippen LogP contribution in [0.25, 0.3) is 0 Å². The number of halogens is 3. The van der Waals surface area contributed by atoms with Gasteiger partial charge in [0.2, 0.25) is 0 Å². The highest BCUT2D eigenvalue weighted by Crippen LogP contribution is 2.46. The Kier molecular flexibility index (Phi) is 5.59. The van der Waals surface area contributed by atoms with E-state index in [2.05, 4.69) is 5.32 Å². The molecule has 2 atom stereocenters. The molecule has 0 radical (unpaired) electrons. The van der Waals surface area contributed by atoms with Gasteiger partial charge in [0.25, 0.3) is 0 Å². The second-order valence-corrected chi connectivity index (χ2v) is 5.82. The van der Waals surface area contributed by atoms with E-state index in [1.165, 1.54) is 38.3 Å². The normalized spacial score (nSPS) is 21.7. The van der Waals surface area contributed by atoms with Crippen molar-refractivity contribution in [2.75, 3.05) is 19.0 Å². The Bertz CT molecular complexity index is 630. The topological polar surface area (TPSA) is 64.6 Å². The summed E-state index contributed by atoms with van der Waals surface area (Å²) in [6.07, 6.45) is -4.87. The SMILES string of the molecule is CCOC(=O)C1(C(Nc2ccc(OC)cc2)C(F)(F)F)CCCC1=O. The number of esters is 1. The Morgan fingerprint density at radius 1 is 1.32 bits per heavy atom. The first-order chi connectivity index (χ1) is 11.8. The summed E-state index contributed by atoms with van der Waals surface area (Å²) in [6.45, 7) is 1.39. The van der Waals surface area contributed by atoms with E-state index in [1.807, 2.05) is 0 Å². The molecule has 0 spiro atoms. The molecule has 8 heteroatoms. The van der Waals surface area contributed by atoms with Crippen LogP contribution in [-0.4, -0.2) is 37.7 Å². The zero-order valence-corrected chi connectivity index (χ0v) is 14.0. The molecule has 1 aliphatic rings. The van der Waals surface area contributed by atoms with Gasteiger partial charge in [-0.25, -0.2) is 0 Å². The molecule has 2 unspecified atom stereocenters. The Morgan fingerprint density at radius 3 is 2.40 bits per heavy atom. The highest BCUT2D eigenvalue weighted by atomic mass is 19.4. The molecule has 1 N–H and O–H groups in total. The number of nitrogens with one attached hydrogen (secondary N) is 1. The number of methoxy groups -OCH3 is 1. The molecule has 5 nitrogen and oxygen atoms in total. The fraction of sp³-hybridized carbons (Fsp3) is 0.529. The summed E-state index contributed by atoms with van der Waals surface area (Å²) >= 11 is 0. The average Bonchev–Trinajstić information content (AvgIpc) is 2.94. The van der Waals surface area contributed by atoms with Crippen molar-refractivity contribution in [2.45, 2.75) is 38.4 Å². The number of rotatable bonds is 6. The van der Waals surface area contributed by atoms with Crippen LogP contribution in [0.3, 0.4) is 0 Å². The van der Waals surface area contributed by atoms with E-state index in [0.29, 0.717) is 5.75 Å². The first-order valence-electron chi connectivity index (χ1n) is 7.93. The van der Waals surface area contributed by atoms with E-state index in [4.69, 9.17) is 9.47 Å². The number of carbonyl (C=O) groups is 2. The van der Waals surface area contributed by atoms with Gasteiger partial charge < -0.3 is 14.8 Å². The van der Waals surface area contributed by atoms with Gasteiger partial charge in [0.15, 0.2) is 11.2 Å². The van der Waals surface area contributed by atoms with Gasteiger partial charge >= 0.3 is 12.1 Å². The lowest BCUT2D eigenvalue weighted by molar-refractivity contribution is -0.189. The van der Waals surface area contributed by atoms with Gasteiger partial charge in [0.1, 0.15) is 11.8 Å². The third-order valence-electron chi connectivity index (χ3n) is 4.33. The van der Waals surface area contributed by atoms with Crippen LogP contribution in [0.15, 0.2) is 24.3 Å². The molecule has 2 rings (SSSR count). The maximum Gasteiger partial charge on any atom is 0.410 e. The maximum atomic E-state index is 13.8. The van der Waals surface area contributed by atoms with Crippen molar-refractivity contribution in [3.8, 4) is 5.75 Å². The van der Waals surface area contributed by atoms with Gasteiger partial charge in [-0.05, 0) is 44.0 Å². The van der Waals surface area contributed by atoms with Gasteiger partial charge in [-0.2, -0.15) is 13.2 Å². The van der Waals surface area contributed by atoms with Crippen LogP contribution in [0.5, 0.6) is 5.75 Å². The van der Waals surface area contributed by atoms with Crippen LogP contribution in [0, 0.1) is 5.41 Å². The number of ketones is 1. The number of alkyl halides is 3. The lowest BCUT2D eigenvalue weighted by Crippen LogP contribution is -2.57. The Balaban J connectivity index is 2.42. The zero-order valence-electron chi connectivity index (χ0n) is 14.0. The Hall–Kier alpha value is -2.25. The van der Waals surface area contributed by atoms with E-state index in [9.17, 15) is 22.8 Å². The fourth-order valence-electron chi connectivity index (χ4n) is 3.13. The third-order valence-corrected chi connectivity index (χ3v) is 4.33. The van der Waals surface area contributed by atoms with Gasteiger partial charge in [-0.15, -0.1) is 0 Å². The molecule has 25 heavy (non-hydrogen) atoms. The number of ether oxygens (including phenoxy) is 2. The molecule has 0 aliphatic heterocycles. The van der Waals surface area contributed by atoms with Gasteiger partial charge in [0, 0.05) is 12.1 Å². The predicted octanol–water partition coefficient (Wildman–Crippen LogP) is 3.34. The van der Waals surface area contributed by atoms with E-state index in [-0.39, 0.29) is 31.6 Å². The van der Waals surface area contributed by atoms with Gasteiger partial charge in [0.05, 0.1) is 13.7 Å². The fourth-order valence-corrected chi connectivity index (χ4v) is 3.13. The summed E-state index contributed by atoms with van der Waals surface area (Å²) in [6, 6.07) is 3.42. The van der Waals surface area contributed by atoms with Crippen molar-refractivity contribution < 1.29 is 32.2 Å². The molecule has 0 amide bonds. The smallest absolute Gasteiger partial charge is 0.410 e. The summed E-state index contributed by atoms with van der Waals surface area (Å²) in [5, 5.41) is 2.32. The van der Waals surface area contributed by atoms with Crippen molar-refractivity contribution in [3.63, 3.8) is 0 Å². The van der Waals surface area contributed by atoms with Crippen LogP contribution in [0.1, 0.15) is 26.2 Å². The van der Waals surface area contributed by atoms with Crippen molar-refractivity contribution in [1.82, 2.24) is 0 Å². The monoisotopic (exact) mass is 359 g/mol. The van der Waals surface area contributed by atoms with Gasteiger partial charge in [-0.3, -0.25) is 9.59 Å². The molecule has 0 aromatic heterocycles. The summed E-state index contributed by atoms with van der Waals surface area (Å²) in [4.78, 5) is 24.7. The Labute approximate surface area is 143 Å². The molecule has 1 aromatic rings. The molecular formula is C17H20F3NO4. The lowest BCUT2D eigenvalue weighted by Gasteiger charge is -2.36. The van der Waals surface area contributed by atoms with E-state index in [1.54, 1.807) is 0 Å². The van der Waals surface area contributed by atoms with Crippen molar-refractivity contribution in [1.29, 1.82) is 0 Å². The molecule has 1 saturated carbocycles. The van der Waals surface area contributed by atoms with Crippen LogP contribution in [-0.2, 0) is 14.3 Å². The molecule has 1 fully saturated rings. The van der Waals surface area contributed by atoms with Crippen molar-refractivity contribution >= 4 is 17.4 Å². The highest BCUT2D eigenvalue weighted by Gasteiger charge is 2.64. The minimum atomic E-state index is -4.81. The molecule has 0 bridgehead atoms. The number of Topliss-reactive ketones (excluding diaryl/α,β-unsaturated/α-hetero) is 1. The third kappa shape index (κ3) is 3.72. The summed E-state index contributed by atoms with van der Waals surface area (Å²) in [7, 11) is 1.44. The van der Waals surface area contributed by atoms with Crippen LogP contribution in [0.4, 0.5) is 18.9 Å². The molecule has 138 valence electrons. The second-order valence-electron chi connectivity index (χ2n) is 5.82. The van der Waals surface area contributed by atoms with Crippen molar-refractivity contribution in [3.05, 3.63) is 24.3 Å². The lowest BCUT2D eigenvalue weighted by atomic mass is 9.77. The largest absolute Gasteiger partial charge is 0.497 e. The number of benzene rings is 1. The standard InChI is InChI=1S/C17H20F3NO4/c1-3-25-15(23)16(10-4-5-13(16)22)14(17(18,19)20)21-11-6-8-12(24-2)9-7-11/h6-9,14,21H,3-5,10H2,1-2H3. The van der Waals surface area contributed by atoms with Crippen LogP contribution >= 0.6 is 0 Å². The van der Waals surface area contributed by atoms with E-state index < -0.39 is 29.4 Å². The average molecular weight is 359 g/mol.